The van der Waals surface area contributed by atoms with Crippen LogP contribution >= 0.6 is 0 Å². The summed E-state index contributed by atoms with van der Waals surface area (Å²) in [7, 11) is -4.06. The maximum atomic E-state index is 14.0. The van der Waals surface area contributed by atoms with Crippen molar-refractivity contribution in [3.05, 3.63) is 66.5 Å². The van der Waals surface area contributed by atoms with Crippen molar-refractivity contribution in [1.29, 1.82) is 0 Å². The molecule has 3 heterocycles. The number of nitrogens with one attached hydrogen (secondary N) is 1. The number of carbonyl (C=O) groups excluding carboxylic acids is 1. The molecule has 1 saturated carbocycles. The predicted molar refractivity (Wildman–Crippen MR) is 156 cm³/mol. The lowest BCUT2D eigenvalue weighted by Crippen LogP contribution is -2.48. The Morgan fingerprint density at radius 2 is 1.79 bits per heavy atom. The smallest absolute Gasteiger partial charge is 0.407 e. The number of hydrogen-bond donors (Lipinski definition) is 2. The van der Waals surface area contributed by atoms with Crippen LogP contribution in [0.1, 0.15) is 44.1 Å². The fourth-order valence-corrected chi connectivity index (χ4v) is 7.74. The maximum absolute atomic E-state index is 14.0. The van der Waals surface area contributed by atoms with Gasteiger partial charge in [0.15, 0.2) is 11.7 Å². The van der Waals surface area contributed by atoms with Gasteiger partial charge < -0.3 is 29.4 Å². The van der Waals surface area contributed by atoms with Crippen molar-refractivity contribution in [3.8, 4) is 0 Å². The average molecular weight is 612 g/mol. The van der Waals surface area contributed by atoms with Crippen LogP contribution in [0.5, 0.6) is 0 Å². The zero-order valence-electron chi connectivity index (χ0n) is 23.8. The number of nitrogens with zero attached hydrogens (tertiary/aromatic N) is 2. The molecular formula is C31H37N3O8S. The van der Waals surface area contributed by atoms with Crippen molar-refractivity contribution in [2.45, 2.75) is 85.9 Å². The van der Waals surface area contributed by atoms with Gasteiger partial charge >= 0.3 is 6.09 Å². The number of hydrogen-bond acceptors (Lipinski definition) is 10. The van der Waals surface area contributed by atoms with E-state index in [0.717, 1.165) is 37.7 Å². The largest absolute Gasteiger partial charge is 0.443 e. The highest BCUT2D eigenvalue weighted by Gasteiger charge is 2.44. The number of sulfone groups is 1. The molecule has 3 fully saturated rings. The number of carbonyl (C=O) groups is 1. The van der Waals surface area contributed by atoms with Gasteiger partial charge in [-0.3, -0.25) is 9.97 Å². The van der Waals surface area contributed by atoms with Crippen LogP contribution in [0.15, 0.2) is 65.8 Å². The van der Waals surface area contributed by atoms with Crippen molar-refractivity contribution >= 4 is 27.0 Å². The Hall–Kier alpha value is -3.16. The van der Waals surface area contributed by atoms with Crippen molar-refractivity contribution in [3.63, 3.8) is 0 Å². The highest BCUT2D eigenvalue weighted by Crippen LogP contribution is 2.33. The lowest BCUT2D eigenvalue weighted by molar-refractivity contribution is -0.0907. The van der Waals surface area contributed by atoms with Crippen molar-refractivity contribution in [1.82, 2.24) is 15.3 Å². The minimum absolute atomic E-state index is 0.0378. The monoisotopic (exact) mass is 611 g/mol. The van der Waals surface area contributed by atoms with E-state index in [1.54, 1.807) is 12.3 Å². The number of amides is 1. The molecule has 11 nitrogen and oxygen atoms in total. The van der Waals surface area contributed by atoms with E-state index < -0.39 is 39.6 Å². The Kier molecular flexibility index (Phi) is 9.20. The van der Waals surface area contributed by atoms with Gasteiger partial charge in [0.1, 0.15) is 6.10 Å². The highest BCUT2D eigenvalue weighted by atomic mass is 32.2. The van der Waals surface area contributed by atoms with E-state index in [1.165, 1.54) is 18.3 Å². The summed E-state index contributed by atoms with van der Waals surface area (Å²) in [6.07, 6.45) is 4.16. The summed E-state index contributed by atoms with van der Waals surface area (Å²) in [5.41, 5.74) is 0.546. The van der Waals surface area contributed by atoms with E-state index in [1.807, 2.05) is 30.3 Å². The van der Waals surface area contributed by atoms with Crippen LogP contribution < -0.4 is 5.32 Å². The van der Waals surface area contributed by atoms with Gasteiger partial charge in [-0.05, 0) is 49.4 Å². The third kappa shape index (κ3) is 6.99. The van der Waals surface area contributed by atoms with Gasteiger partial charge in [-0.15, -0.1) is 0 Å². The van der Waals surface area contributed by atoms with E-state index in [0.29, 0.717) is 17.6 Å². The van der Waals surface area contributed by atoms with E-state index >= 15 is 0 Å². The summed E-state index contributed by atoms with van der Waals surface area (Å²) in [6, 6.07) is 13.1. The lowest BCUT2D eigenvalue weighted by Gasteiger charge is -2.29. The molecule has 0 spiro atoms. The second kappa shape index (κ2) is 13.2. The molecule has 1 amide bonds. The Morgan fingerprint density at radius 1 is 1.02 bits per heavy atom. The van der Waals surface area contributed by atoms with Crippen molar-refractivity contribution < 1.29 is 37.3 Å². The molecule has 3 aliphatic rings. The molecule has 1 aromatic heterocycles. The molecule has 6 rings (SSSR count). The van der Waals surface area contributed by atoms with E-state index in [2.05, 4.69) is 15.3 Å². The fraction of sp³-hybridized carbons (Fsp3) is 0.516. The number of rotatable bonds is 11. The SMILES string of the molecule is O=C(N[C@@H](Cc1ccccc1)[C@H](O)CC(OC1CCCC1)S(=O)(=O)c1ccc2nccnc2c1)OC1COC2OCCC12. The lowest BCUT2D eigenvalue weighted by atomic mass is 9.99. The van der Waals surface area contributed by atoms with Gasteiger partial charge in [0.2, 0.25) is 9.84 Å². The van der Waals surface area contributed by atoms with Crippen LogP contribution in [-0.4, -0.2) is 78.9 Å². The Bertz CT molecular complexity index is 1500. The van der Waals surface area contributed by atoms with Crippen LogP contribution in [0.25, 0.3) is 11.0 Å². The molecule has 2 aliphatic heterocycles. The summed E-state index contributed by atoms with van der Waals surface area (Å²) in [6.45, 7) is 0.785. The second-order valence-corrected chi connectivity index (χ2v) is 13.5. The van der Waals surface area contributed by atoms with E-state index in [-0.39, 0.29) is 42.7 Å². The molecule has 3 aromatic rings. The number of fused-ring (bicyclic) bond motifs is 2. The third-order valence-corrected chi connectivity index (χ3v) is 10.4. The Balaban J connectivity index is 1.22. The first-order valence-corrected chi connectivity index (χ1v) is 16.4. The standard InChI is InChI=1S/C31H37N3O8S/c35-27(26(16-20-6-2-1-3-7-20)34-31(36)42-28-19-40-30-23(28)12-15-39-30)18-29(41-21-8-4-5-9-21)43(37,38)22-10-11-24-25(17-22)33-14-13-32-24/h1-3,6-7,10-11,13-14,17,21,23,26-30,35H,4-5,8-9,12,15-16,18-19H2,(H,34,36)/t23?,26-,27+,28?,29?,30?/m0/s1. The van der Waals surface area contributed by atoms with Crippen LogP contribution in [0.4, 0.5) is 4.79 Å². The number of aliphatic hydroxyl groups is 1. The summed E-state index contributed by atoms with van der Waals surface area (Å²) in [5, 5.41) is 14.4. The Labute approximate surface area is 250 Å². The summed E-state index contributed by atoms with van der Waals surface area (Å²) < 4.78 is 51.1. The molecule has 43 heavy (non-hydrogen) atoms. The molecule has 230 valence electrons. The van der Waals surface area contributed by atoms with Crippen LogP contribution in [0, 0.1) is 5.92 Å². The molecular weight excluding hydrogens is 574 g/mol. The molecule has 12 heteroatoms. The highest BCUT2D eigenvalue weighted by molar-refractivity contribution is 7.92. The van der Waals surface area contributed by atoms with Gasteiger partial charge in [-0.2, -0.15) is 0 Å². The molecule has 1 aliphatic carbocycles. The molecule has 4 unspecified atom stereocenters. The number of benzene rings is 2. The molecule has 2 saturated heterocycles. The van der Waals surface area contributed by atoms with E-state index in [9.17, 15) is 18.3 Å². The topological polar surface area (TPSA) is 146 Å². The third-order valence-electron chi connectivity index (χ3n) is 8.51. The quantitative estimate of drug-likeness (QED) is 0.330. The fourth-order valence-electron chi connectivity index (χ4n) is 6.15. The second-order valence-electron chi connectivity index (χ2n) is 11.4. The van der Waals surface area contributed by atoms with Gasteiger partial charge in [0, 0.05) is 18.8 Å². The number of ether oxygens (including phenoxy) is 4. The zero-order valence-corrected chi connectivity index (χ0v) is 24.6. The maximum Gasteiger partial charge on any atom is 0.407 e. The molecule has 2 N–H and O–H groups in total. The van der Waals surface area contributed by atoms with Crippen molar-refractivity contribution in [2.75, 3.05) is 13.2 Å². The molecule has 0 bridgehead atoms. The van der Waals surface area contributed by atoms with E-state index in [4.69, 9.17) is 18.9 Å². The molecule has 0 radical (unpaired) electrons. The van der Waals surface area contributed by atoms with Gasteiger partial charge in [-0.1, -0.05) is 43.2 Å². The normalized spacial score (nSPS) is 24.4. The average Bonchev–Trinajstić information content (AvgIpc) is 3.78. The first kappa shape index (κ1) is 29.9. The van der Waals surface area contributed by atoms with Gasteiger partial charge in [0.05, 0.1) is 53.3 Å². The summed E-state index contributed by atoms with van der Waals surface area (Å²) in [4.78, 5) is 21.6. The minimum atomic E-state index is -4.06. The molecule has 2 aromatic carbocycles. The van der Waals surface area contributed by atoms with Gasteiger partial charge in [0.25, 0.3) is 0 Å². The minimum Gasteiger partial charge on any atom is -0.443 e. The van der Waals surface area contributed by atoms with Crippen LogP contribution in [0.3, 0.4) is 0 Å². The van der Waals surface area contributed by atoms with Crippen LogP contribution in [0.2, 0.25) is 0 Å². The van der Waals surface area contributed by atoms with Gasteiger partial charge in [-0.25, -0.2) is 13.2 Å². The summed E-state index contributed by atoms with van der Waals surface area (Å²) >= 11 is 0. The predicted octanol–water partition coefficient (Wildman–Crippen LogP) is 3.54. The Morgan fingerprint density at radius 3 is 2.58 bits per heavy atom. The first-order valence-electron chi connectivity index (χ1n) is 14.9. The zero-order chi connectivity index (χ0) is 29.8. The number of alkyl carbamates (subject to hydrolysis) is 1. The van der Waals surface area contributed by atoms with Crippen LogP contribution in [-0.2, 0) is 35.2 Å². The number of aliphatic hydroxyl groups excluding tert-OH is 1. The molecule has 6 atom stereocenters. The first-order chi connectivity index (χ1) is 20.9. The summed E-state index contributed by atoms with van der Waals surface area (Å²) in [5.74, 6) is -0.0378. The van der Waals surface area contributed by atoms with Crippen molar-refractivity contribution in [2.24, 2.45) is 5.92 Å². The number of aromatic nitrogens is 2.